The van der Waals surface area contributed by atoms with Gasteiger partial charge in [0.1, 0.15) is 13.1 Å². The molecule has 0 heterocycles. The lowest BCUT2D eigenvalue weighted by molar-refractivity contribution is -0.140. The van der Waals surface area contributed by atoms with E-state index in [1.807, 2.05) is 19.9 Å². The maximum atomic E-state index is 12.1. The summed E-state index contributed by atoms with van der Waals surface area (Å²) in [7, 11) is 0. The van der Waals surface area contributed by atoms with Crippen LogP contribution in [0.25, 0.3) is 0 Å². The third-order valence-corrected chi connectivity index (χ3v) is 2.41. The Hall–Kier alpha value is -2.37. The summed E-state index contributed by atoms with van der Waals surface area (Å²) in [5.41, 5.74) is 2.00. The van der Waals surface area contributed by atoms with Gasteiger partial charge in [-0.2, -0.15) is 0 Å². The molecule has 0 fully saturated rings. The molecule has 0 atom stereocenters. The maximum absolute atomic E-state index is 12.1. The average Bonchev–Trinajstić information content (AvgIpc) is 2.24. The van der Waals surface area contributed by atoms with E-state index in [9.17, 15) is 14.4 Å². The number of carboxylic acid groups (broad SMARTS) is 2. The first-order valence-electron chi connectivity index (χ1n) is 5.60. The van der Waals surface area contributed by atoms with Crippen molar-refractivity contribution in [2.24, 2.45) is 0 Å². The number of rotatable bonds is 5. The second-order valence-corrected chi connectivity index (χ2v) is 4.33. The van der Waals surface area contributed by atoms with E-state index in [2.05, 4.69) is 0 Å². The van der Waals surface area contributed by atoms with Gasteiger partial charge in [-0.05, 0) is 26.0 Å². The number of aliphatic carboxylic acids is 2. The molecule has 1 aromatic carbocycles. The van der Waals surface area contributed by atoms with Gasteiger partial charge in [-0.25, -0.2) is 0 Å². The first-order valence-corrected chi connectivity index (χ1v) is 5.60. The van der Waals surface area contributed by atoms with E-state index in [0.717, 1.165) is 16.0 Å². The van der Waals surface area contributed by atoms with E-state index < -0.39 is 30.9 Å². The molecule has 1 rings (SSSR count). The minimum Gasteiger partial charge on any atom is -0.480 e. The molecule has 0 aliphatic rings. The van der Waals surface area contributed by atoms with E-state index in [1.54, 1.807) is 12.1 Å². The molecule has 0 aromatic heterocycles. The van der Waals surface area contributed by atoms with E-state index in [1.165, 1.54) is 0 Å². The highest BCUT2D eigenvalue weighted by Gasteiger charge is 2.21. The Morgan fingerprint density at radius 2 is 1.37 bits per heavy atom. The average molecular weight is 265 g/mol. The van der Waals surface area contributed by atoms with Crippen molar-refractivity contribution in [2.45, 2.75) is 13.8 Å². The second-order valence-electron chi connectivity index (χ2n) is 4.33. The molecule has 102 valence electrons. The van der Waals surface area contributed by atoms with Crippen molar-refractivity contribution >= 4 is 17.8 Å². The highest BCUT2D eigenvalue weighted by molar-refractivity contribution is 5.97. The van der Waals surface area contributed by atoms with Crippen LogP contribution in [-0.4, -0.2) is 46.0 Å². The fourth-order valence-corrected chi connectivity index (χ4v) is 1.81. The summed E-state index contributed by atoms with van der Waals surface area (Å²) < 4.78 is 0. The first kappa shape index (κ1) is 14.7. The van der Waals surface area contributed by atoms with Gasteiger partial charge in [0.25, 0.3) is 5.91 Å². The van der Waals surface area contributed by atoms with Crippen LogP contribution in [0.2, 0.25) is 0 Å². The van der Waals surface area contributed by atoms with Crippen molar-refractivity contribution in [3.05, 3.63) is 34.9 Å². The van der Waals surface area contributed by atoms with E-state index in [4.69, 9.17) is 10.2 Å². The summed E-state index contributed by atoms with van der Waals surface area (Å²) in [6, 6.07) is 5.08. The van der Waals surface area contributed by atoms with Gasteiger partial charge in [0.05, 0.1) is 0 Å². The van der Waals surface area contributed by atoms with Crippen molar-refractivity contribution in [1.29, 1.82) is 0 Å². The minimum atomic E-state index is -1.25. The zero-order valence-electron chi connectivity index (χ0n) is 10.7. The van der Waals surface area contributed by atoms with Crippen LogP contribution in [0, 0.1) is 13.8 Å². The Morgan fingerprint density at radius 3 is 1.74 bits per heavy atom. The van der Waals surface area contributed by atoms with Gasteiger partial charge in [0.2, 0.25) is 0 Å². The highest BCUT2D eigenvalue weighted by atomic mass is 16.4. The molecule has 0 aliphatic heterocycles. The van der Waals surface area contributed by atoms with Crippen LogP contribution < -0.4 is 0 Å². The predicted octanol–water partition coefficient (Wildman–Crippen LogP) is 0.915. The van der Waals surface area contributed by atoms with Gasteiger partial charge in [-0.15, -0.1) is 0 Å². The Morgan fingerprint density at radius 1 is 0.947 bits per heavy atom. The predicted molar refractivity (Wildman–Crippen MR) is 67.1 cm³/mol. The summed E-state index contributed by atoms with van der Waals surface area (Å²) in [4.78, 5) is 34.3. The number of hydrogen-bond donors (Lipinski definition) is 2. The second kappa shape index (κ2) is 5.99. The number of carboxylic acids is 2. The van der Waals surface area contributed by atoms with Crippen molar-refractivity contribution in [3.63, 3.8) is 0 Å². The van der Waals surface area contributed by atoms with Crippen molar-refractivity contribution in [3.8, 4) is 0 Å². The molecular formula is C13H15NO5. The standard InChI is InChI=1S/C13H15NO5/c1-8-3-9(2)5-10(4-8)13(19)14(6-11(15)16)7-12(17)18/h3-5H,6-7H2,1-2H3,(H,15,16)(H,17,18). The fourth-order valence-electron chi connectivity index (χ4n) is 1.81. The lowest BCUT2D eigenvalue weighted by Gasteiger charge is -2.19. The Labute approximate surface area is 110 Å². The van der Waals surface area contributed by atoms with Gasteiger partial charge < -0.3 is 15.1 Å². The molecular weight excluding hydrogens is 250 g/mol. The quantitative estimate of drug-likeness (QED) is 0.825. The summed E-state index contributed by atoms with van der Waals surface area (Å²) in [5, 5.41) is 17.4. The fraction of sp³-hybridized carbons (Fsp3) is 0.308. The van der Waals surface area contributed by atoms with Gasteiger partial charge in [-0.1, -0.05) is 17.2 Å². The molecule has 0 aliphatic carbocycles. The summed E-state index contributed by atoms with van der Waals surface area (Å²) in [6.45, 7) is 2.33. The number of hydrogen-bond acceptors (Lipinski definition) is 3. The molecule has 0 unspecified atom stereocenters. The number of nitrogens with zero attached hydrogens (tertiary/aromatic N) is 1. The zero-order chi connectivity index (χ0) is 14.6. The van der Waals surface area contributed by atoms with Crippen LogP contribution in [0.4, 0.5) is 0 Å². The lowest BCUT2D eigenvalue weighted by atomic mass is 10.1. The van der Waals surface area contributed by atoms with Crippen LogP contribution in [0.15, 0.2) is 18.2 Å². The van der Waals surface area contributed by atoms with Crippen molar-refractivity contribution in [2.75, 3.05) is 13.1 Å². The smallest absolute Gasteiger partial charge is 0.323 e. The Kier molecular flexibility index (Phi) is 4.63. The SMILES string of the molecule is Cc1cc(C)cc(C(=O)N(CC(=O)O)CC(=O)O)c1. The molecule has 6 nitrogen and oxygen atoms in total. The molecule has 0 bridgehead atoms. The summed E-state index contributed by atoms with van der Waals surface area (Å²) >= 11 is 0. The monoisotopic (exact) mass is 265 g/mol. The van der Waals surface area contributed by atoms with Crippen LogP contribution >= 0.6 is 0 Å². The summed E-state index contributed by atoms with van der Waals surface area (Å²) in [5.74, 6) is -3.10. The Bertz CT molecular complexity index is 488. The zero-order valence-corrected chi connectivity index (χ0v) is 10.7. The van der Waals surface area contributed by atoms with E-state index in [-0.39, 0.29) is 0 Å². The van der Waals surface area contributed by atoms with Gasteiger partial charge >= 0.3 is 11.9 Å². The molecule has 1 amide bonds. The topological polar surface area (TPSA) is 94.9 Å². The van der Waals surface area contributed by atoms with Gasteiger partial charge in [0, 0.05) is 5.56 Å². The number of amides is 1. The van der Waals surface area contributed by atoms with Gasteiger partial charge in [-0.3, -0.25) is 14.4 Å². The van der Waals surface area contributed by atoms with E-state index >= 15 is 0 Å². The van der Waals surface area contributed by atoms with Crippen molar-refractivity contribution < 1.29 is 24.6 Å². The number of carbonyl (C=O) groups is 3. The third kappa shape index (κ3) is 4.42. The summed E-state index contributed by atoms with van der Waals surface area (Å²) in [6.07, 6.45) is 0. The molecule has 19 heavy (non-hydrogen) atoms. The molecule has 0 radical (unpaired) electrons. The molecule has 0 saturated carbocycles. The normalized spacial score (nSPS) is 10.0. The number of carbonyl (C=O) groups excluding carboxylic acids is 1. The third-order valence-electron chi connectivity index (χ3n) is 2.41. The minimum absolute atomic E-state index is 0.292. The Balaban J connectivity index is 3.03. The van der Waals surface area contributed by atoms with Crippen LogP contribution in [-0.2, 0) is 9.59 Å². The lowest BCUT2D eigenvalue weighted by Crippen LogP contribution is -2.39. The molecule has 2 N–H and O–H groups in total. The van der Waals surface area contributed by atoms with Crippen LogP contribution in [0.5, 0.6) is 0 Å². The number of aryl methyl sites for hydroxylation is 2. The van der Waals surface area contributed by atoms with Crippen LogP contribution in [0.3, 0.4) is 0 Å². The largest absolute Gasteiger partial charge is 0.480 e. The van der Waals surface area contributed by atoms with E-state index in [0.29, 0.717) is 5.56 Å². The van der Waals surface area contributed by atoms with Crippen LogP contribution in [0.1, 0.15) is 21.5 Å². The number of benzene rings is 1. The van der Waals surface area contributed by atoms with Crippen molar-refractivity contribution in [1.82, 2.24) is 4.90 Å². The first-order chi connectivity index (χ1) is 8.79. The van der Waals surface area contributed by atoms with Gasteiger partial charge in [0.15, 0.2) is 0 Å². The maximum Gasteiger partial charge on any atom is 0.323 e. The molecule has 0 spiro atoms. The highest BCUT2D eigenvalue weighted by Crippen LogP contribution is 2.11. The molecule has 1 aromatic rings. The molecule has 0 saturated heterocycles. The molecule has 6 heteroatoms.